The largest absolute Gasteiger partial charge is 0.333 e. The number of carbonyl (C=O) groups is 1. The molecule has 1 aromatic rings. The lowest BCUT2D eigenvalue weighted by molar-refractivity contribution is -0.108. The van der Waals surface area contributed by atoms with E-state index in [-0.39, 0.29) is 0 Å². The van der Waals surface area contributed by atoms with Crippen LogP contribution in [0.25, 0.3) is 0 Å². The highest BCUT2D eigenvalue weighted by molar-refractivity contribution is 5.56. The molecule has 2 heteroatoms. The molecule has 1 aromatic carbocycles. The van der Waals surface area contributed by atoms with Gasteiger partial charge in [0.15, 0.2) is 0 Å². The van der Waals surface area contributed by atoms with Crippen molar-refractivity contribution in [3.05, 3.63) is 35.9 Å². The van der Waals surface area contributed by atoms with Gasteiger partial charge in [0.1, 0.15) is 6.29 Å². The average molecular weight is 193 g/mol. The van der Waals surface area contributed by atoms with E-state index < -0.39 is 0 Å². The fraction of sp³-hybridized carbons (Fsp3) is 0.417. The maximum atomic E-state index is 9.57. The first-order valence-electron chi connectivity index (χ1n) is 4.87. The van der Waals surface area contributed by atoms with Crippen LogP contribution >= 0.6 is 0 Å². The van der Waals surface area contributed by atoms with Gasteiger partial charge >= 0.3 is 0 Å². The number of rotatable bonds is 1. The SMILES string of the molecule is CN.Cc1ccccc1.O=CC1CC1. The number of benzene rings is 1. The van der Waals surface area contributed by atoms with Crippen LogP contribution in [0.3, 0.4) is 0 Å². The van der Waals surface area contributed by atoms with Gasteiger partial charge in [0.05, 0.1) is 0 Å². The molecule has 2 rings (SSSR count). The third-order valence-electron chi connectivity index (χ3n) is 1.75. The van der Waals surface area contributed by atoms with Crippen molar-refractivity contribution in [2.24, 2.45) is 11.7 Å². The van der Waals surface area contributed by atoms with E-state index in [1.54, 1.807) is 0 Å². The van der Waals surface area contributed by atoms with Crippen molar-refractivity contribution >= 4 is 6.29 Å². The van der Waals surface area contributed by atoms with Crippen LogP contribution in [0, 0.1) is 12.8 Å². The third kappa shape index (κ3) is 7.50. The smallest absolute Gasteiger partial charge is 0.123 e. The van der Waals surface area contributed by atoms with Crippen LogP contribution in [0.1, 0.15) is 18.4 Å². The summed E-state index contributed by atoms with van der Waals surface area (Å²) in [6, 6.07) is 10.3. The van der Waals surface area contributed by atoms with Gasteiger partial charge in [-0.15, -0.1) is 0 Å². The van der Waals surface area contributed by atoms with Crippen LogP contribution in [-0.2, 0) is 4.79 Å². The predicted molar refractivity (Wildman–Crippen MR) is 60.1 cm³/mol. The van der Waals surface area contributed by atoms with Crippen molar-refractivity contribution in [3.63, 3.8) is 0 Å². The van der Waals surface area contributed by atoms with Gasteiger partial charge < -0.3 is 10.5 Å². The van der Waals surface area contributed by atoms with Gasteiger partial charge in [0.25, 0.3) is 0 Å². The topological polar surface area (TPSA) is 43.1 Å². The fourth-order valence-electron chi connectivity index (χ4n) is 0.767. The molecule has 0 atom stereocenters. The van der Waals surface area contributed by atoms with Gasteiger partial charge in [-0.25, -0.2) is 0 Å². The highest BCUT2D eigenvalue weighted by atomic mass is 16.1. The van der Waals surface area contributed by atoms with Gasteiger partial charge in [-0.05, 0) is 26.8 Å². The quantitative estimate of drug-likeness (QED) is 0.694. The normalized spacial score (nSPS) is 12.8. The van der Waals surface area contributed by atoms with Gasteiger partial charge in [-0.1, -0.05) is 35.9 Å². The Morgan fingerprint density at radius 2 is 1.71 bits per heavy atom. The molecule has 1 aliphatic rings. The molecule has 78 valence electrons. The van der Waals surface area contributed by atoms with E-state index in [1.807, 2.05) is 18.2 Å². The Labute approximate surface area is 86.1 Å². The second-order valence-electron chi connectivity index (χ2n) is 3.13. The van der Waals surface area contributed by atoms with Crippen LogP contribution < -0.4 is 5.73 Å². The highest BCUT2D eigenvalue weighted by Gasteiger charge is 2.18. The zero-order valence-corrected chi connectivity index (χ0v) is 8.94. The van der Waals surface area contributed by atoms with E-state index in [9.17, 15) is 4.79 Å². The van der Waals surface area contributed by atoms with Gasteiger partial charge in [-0.3, -0.25) is 0 Å². The Morgan fingerprint density at radius 3 is 1.86 bits per heavy atom. The minimum Gasteiger partial charge on any atom is -0.333 e. The van der Waals surface area contributed by atoms with E-state index >= 15 is 0 Å². The first-order chi connectivity index (χ1) is 6.83. The molecule has 1 saturated carbocycles. The van der Waals surface area contributed by atoms with E-state index in [0.717, 1.165) is 19.1 Å². The van der Waals surface area contributed by atoms with Gasteiger partial charge in [0, 0.05) is 5.92 Å². The van der Waals surface area contributed by atoms with Crippen molar-refractivity contribution in [2.75, 3.05) is 7.05 Å². The predicted octanol–water partition coefficient (Wildman–Crippen LogP) is 2.17. The number of aryl methyl sites for hydroxylation is 1. The second-order valence-corrected chi connectivity index (χ2v) is 3.13. The maximum Gasteiger partial charge on any atom is 0.123 e. The molecular formula is C12H19NO. The number of hydrogen-bond donors (Lipinski definition) is 1. The molecule has 2 nitrogen and oxygen atoms in total. The summed E-state index contributed by atoms with van der Waals surface area (Å²) >= 11 is 0. The summed E-state index contributed by atoms with van der Waals surface area (Å²) in [5, 5.41) is 0. The molecule has 0 aliphatic heterocycles. The molecule has 0 spiro atoms. The standard InChI is InChI=1S/C7H8.C4H6O.CH5N/c1-7-5-3-2-4-6-7;5-3-4-1-2-4;1-2/h2-6H,1H3;3-4H,1-2H2;2H2,1H3. The van der Waals surface area contributed by atoms with Crippen LogP contribution in [-0.4, -0.2) is 13.3 Å². The van der Waals surface area contributed by atoms with Crippen molar-refractivity contribution < 1.29 is 4.79 Å². The lowest BCUT2D eigenvalue weighted by atomic mass is 10.2. The first-order valence-corrected chi connectivity index (χ1v) is 4.87. The summed E-state index contributed by atoms with van der Waals surface area (Å²) in [4.78, 5) is 9.57. The lowest BCUT2D eigenvalue weighted by Gasteiger charge is -1.82. The van der Waals surface area contributed by atoms with E-state index in [0.29, 0.717) is 5.92 Å². The molecule has 0 amide bonds. The molecule has 0 radical (unpaired) electrons. The van der Waals surface area contributed by atoms with E-state index in [2.05, 4.69) is 24.8 Å². The van der Waals surface area contributed by atoms with E-state index in [1.165, 1.54) is 12.6 Å². The molecule has 14 heavy (non-hydrogen) atoms. The molecule has 2 N–H and O–H groups in total. The van der Waals surface area contributed by atoms with Crippen LogP contribution in [0.2, 0.25) is 0 Å². The summed E-state index contributed by atoms with van der Waals surface area (Å²) in [5.41, 5.74) is 5.82. The van der Waals surface area contributed by atoms with Crippen molar-refractivity contribution in [3.8, 4) is 0 Å². The molecule has 0 saturated heterocycles. The molecule has 1 aliphatic carbocycles. The second kappa shape index (κ2) is 8.45. The van der Waals surface area contributed by atoms with Gasteiger partial charge in [0.2, 0.25) is 0 Å². The first kappa shape index (κ1) is 12.8. The van der Waals surface area contributed by atoms with Gasteiger partial charge in [-0.2, -0.15) is 0 Å². The zero-order chi connectivity index (χ0) is 10.8. The van der Waals surface area contributed by atoms with E-state index in [4.69, 9.17) is 0 Å². The summed E-state index contributed by atoms with van der Waals surface area (Å²) in [5.74, 6) is 0.454. The minimum absolute atomic E-state index is 0.454. The summed E-state index contributed by atoms with van der Waals surface area (Å²) in [7, 11) is 1.50. The Hall–Kier alpha value is -1.15. The molecule has 0 heterocycles. The zero-order valence-electron chi connectivity index (χ0n) is 8.94. The molecule has 0 aromatic heterocycles. The fourth-order valence-corrected chi connectivity index (χ4v) is 0.767. The summed E-state index contributed by atoms with van der Waals surface area (Å²) in [6.07, 6.45) is 3.31. The number of nitrogens with two attached hydrogens (primary N) is 1. The number of carbonyl (C=O) groups excluding carboxylic acids is 1. The Balaban J connectivity index is 0.000000213. The maximum absolute atomic E-state index is 9.57. The van der Waals surface area contributed by atoms with Crippen molar-refractivity contribution in [2.45, 2.75) is 19.8 Å². The van der Waals surface area contributed by atoms with Crippen LogP contribution in [0.15, 0.2) is 30.3 Å². The number of aldehydes is 1. The molecule has 0 bridgehead atoms. The van der Waals surface area contributed by atoms with Crippen LogP contribution in [0.4, 0.5) is 0 Å². The molecular weight excluding hydrogens is 174 g/mol. The summed E-state index contributed by atoms with van der Waals surface area (Å²) < 4.78 is 0. The van der Waals surface area contributed by atoms with Crippen molar-refractivity contribution in [1.29, 1.82) is 0 Å². The lowest BCUT2D eigenvalue weighted by Crippen LogP contribution is -1.69. The van der Waals surface area contributed by atoms with Crippen LogP contribution in [0.5, 0.6) is 0 Å². The highest BCUT2D eigenvalue weighted by Crippen LogP contribution is 2.25. The number of hydrogen-bond acceptors (Lipinski definition) is 2. The monoisotopic (exact) mass is 193 g/mol. The minimum atomic E-state index is 0.454. The molecule has 1 fully saturated rings. The Bertz CT molecular complexity index is 229. The average Bonchev–Trinajstić information content (AvgIpc) is 3.06. The molecule has 0 unspecified atom stereocenters. The summed E-state index contributed by atoms with van der Waals surface area (Å²) in [6.45, 7) is 2.08. The third-order valence-corrected chi connectivity index (χ3v) is 1.75. The Kier molecular flexibility index (Phi) is 7.75. The van der Waals surface area contributed by atoms with Crippen molar-refractivity contribution in [1.82, 2.24) is 0 Å². The Morgan fingerprint density at radius 1 is 1.21 bits per heavy atom.